The third-order valence-corrected chi connectivity index (χ3v) is 14.9. The van der Waals surface area contributed by atoms with Gasteiger partial charge in [0.1, 0.15) is 48.8 Å². The van der Waals surface area contributed by atoms with E-state index >= 15 is 0 Å². The second-order valence-corrected chi connectivity index (χ2v) is 21.5. The molecular weight excluding hydrogens is 931 g/mol. The summed E-state index contributed by atoms with van der Waals surface area (Å²) in [5.41, 5.74) is 0. The van der Waals surface area contributed by atoms with Crippen molar-refractivity contribution in [2.75, 3.05) is 19.8 Å². The van der Waals surface area contributed by atoms with Gasteiger partial charge in [-0.15, -0.1) is 0 Å². The second-order valence-electron chi connectivity index (χ2n) is 21.5. The van der Waals surface area contributed by atoms with E-state index in [4.69, 9.17) is 18.9 Å². The zero-order valence-corrected chi connectivity index (χ0v) is 46.1. The van der Waals surface area contributed by atoms with Crippen LogP contribution >= 0.6 is 0 Å². The minimum Gasteiger partial charge on any atom is -0.394 e. The fourth-order valence-electron chi connectivity index (χ4n) is 10.0. The van der Waals surface area contributed by atoms with Crippen LogP contribution in [0.3, 0.4) is 0 Å². The van der Waals surface area contributed by atoms with Crippen molar-refractivity contribution in [3.05, 3.63) is 24.3 Å². The van der Waals surface area contributed by atoms with E-state index in [0.717, 1.165) is 57.8 Å². The zero-order valence-electron chi connectivity index (χ0n) is 46.1. The number of hydrogen-bond acceptors (Lipinski definition) is 13. The summed E-state index contributed by atoms with van der Waals surface area (Å²) in [6.07, 6.45) is 37.4. The number of hydrogen-bond donors (Lipinski definition) is 9. The molecule has 2 rings (SSSR count). The van der Waals surface area contributed by atoms with Crippen LogP contribution in [0.5, 0.6) is 0 Å². The van der Waals surface area contributed by atoms with Gasteiger partial charge in [-0.05, 0) is 44.9 Å². The summed E-state index contributed by atoms with van der Waals surface area (Å²) in [6.45, 7) is 2.72. The molecule has 0 aromatic carbocycles. The van der Waals surface area contributed by atoms with Crippen molar-refractivity contribution in [2.45, 2.75) is 325 Å². The Morgan fingerprint density at radius 2 is 0.904 bits per heavy atom. The monoisotopic (exact) mass is 1040 g/mol. The third-order valence-electron chi connectivity index (χ3n) is 14.9. The minimum atomic E-state index is -1.78. The molecule has 1 amide bonds. The highest BCUT2D eigenvalue weighted by atomic mass is 16.7. The largest absolute Gasteiger partial charge is 0.394 e. The van der Waals surface area contributed by atoms with Crippen LogP contribution in [-0.2, 0) is 23.7 Å². The van der Waals surface area contributed by atoms with Crippen LogP contribution in [0.25, 0.3) is 0 Å². The van der Waals surface area contributed by atoms with Crippen LogP contribution in [0.2, 0.25) is 0 Å². The van der Waals surface area contributed by atoms with Crippen molar-refractivity contribution in [1.82, 2.24) is 5.32 Å². The summed E-state index contributed by atoms with van der Waals surface area (Å²) in [5.74, 6) is -0.212. The molecule has 2 aliphatic heterocycles. The number of ether oxygens (including phenoxy) is 4. The Labute approximate surface area is 443 Å². The number of allylic oxidation sites excluding steroid dienone is 4. The Bertz CT molecular complexity index is 1320. The lowest BCUT2D eigenvalue weighted by atomic mass is 9.97. The number of carbonyl (C=O) groups excluding carboxylic acids is 1. The fraction of sp³-hybridized carbons (Fsp3) is 0.915. The van der Waals surface area contributed by atoms with E-state index in [1.165, 1.54) is 167 Å². The lowest BCUT2D eigenvalue weighted by Gasteiger charge is -2.46. The summed E-state index contributed by atoms with van der Waals surface area (Å²) < 4.78 is 22.6. The summed E-state index contributed by atoms with van der Waals surface area (Å²) in [6, 6.07) is -0.821. The third kappa shape index (κ3) is 31.5. The van der Waals surface area contributed by atoms with Crippen molar-refractivity contribution in [1.29, 1.82) is 0 Å². The van der Waals surface area contributed by atoms with Crippen LogP contribution in [0.1, 0.15) is 251 Å². The summed E-state index contributed by atoms with van der Waals surface area (Å²) in [4.78, 5) is 13.1. The van der Waals surface area contributed by atoms with Gasteiger partial charge in [0.2, 0.25) is 5.91 Å². The maximum atomic E-state index is 13.1. The van der Waals surface area contributed by atoms with Crippen LogP contribution < -0.4 is 5.32 Å². The van der Waals surface area contributed by atoms with Gasteiger partial charge in [-0.1, -0.05) is 224 Å². The average Bonchev–Trinajstić information content (AvgIpc) is 3.39. The molecule has 73 heavy (non-hydrogen) atoms. The van der Waals surface area contributed by atoms with E-state index < -0.39 is 86.8 Å². The van der Waals surface area contributed by atoms with Gasteiger partial charge in [0.25, 0.3) is 0 Å². The first-order chi connectivity index (χ1) is 35.6. The minimum absolute atomic E-state index is 0.212. The molecule has 0 saturated carbocycles. The molecule has 430 valence electrons. The molecule has 2 heterocycles. The van der Waals surface area contributed by atoms with Gasteiger partial charge in [0.05, 0.1) is 32.0 Å². The Morgan fingerprint density at radius 1 is 0.493 bits per heavy atom. The molecular formula is C59H111NO13. The molecule has 0 bridgehead atoms. The first kappa shape index (κ1) is 67.6. The second kappa shape index (κ2) is 45.5. The first-order valence-electron chi connectivity index (χ1n) is 30.1. The summed E-state index contributed by atoms with van der Waals surface area (Å²) in [7, 11) is 0. The molecule has 0 spiro atoms. The molecule has 14 nitrogen and oxygen atoms in total. The van der Waals surface area contributed by atoms with Crippen LogP contribution in [-0.4, -0.2) is 140 Å². The van der Waals surface area contributed by atoms with Gasteiger partial charge in [0.15, 0.2) is 12.6 Å². The Balaban J connectivity index is 1.48. The SMILES string of the molecule is CCCCCCC/C=C\C/C=C\CCCCCCCCCCCCCCCCCCCCCCCCCC(=O)NC(COC1OC(CO)C(OC2OC(CO)C(O)C(O)C2O)C(O)C1O)C(O)CCCCCC. The van der Waals surface area contributed by atoms with Gasteiger partial charge in [0, 0.05) is 6.42 Å². The topological polar surface area (TPSA) is 228 Å². The average molecular weight is 1040 g/mol. The van der Waals surface area contributed by atoms with E-state index in [0.29, 0.717) is 12.8 Å². The summed E-state index contributed by atoms with van der Waals surface area (Å²) in [5, 5.41) is 86.4. The highest BCUT2D eigenvalue weighted by molar-refractivity contribution is 5.76. The lowest BCUT2D eigenvalue weighted by molar-refractivity contribution is -0.359. The Hall–Kier alpha value is -1.53. The van der Waals surface area contributed by atoms with Gasteiger partial charge < -0.3 is 65.1 Å². The van der Waals surface area contributed by atoms with E-state index in [9.17, 15) is 45.6 Å². The molecule has 0 aromatic rings. The molecule has 0 radical (unpaired) electrons. The maximum absolute atomic E-state index is 13.1. The molecule has 0 aliphatic carbocycles. The van der Waals surface area contributed by atoms with Crippen LogP contribution in [0, 0.1) is 0 Å². The number of carbonyl (C=O) groups is 1. The molecule has 12 unspecified atom stereocenters. The number of rotatable bonds is 48. The van der Waals surface area contributed by atoms with Crippen molar-refractivity contribution < 1.29 is 64.6 Å². The maximum Gasteiger partial charge on any atom is 0.220 e. The molecule has 14 heteroatoms. The van der Waals surface area contributed by atoms with E-state index in [1.807, 2.05) is 0 Å². The standard InChI is InChI=1S/C59H111NO13/c1-3-5-7-9-10-11-12-13-14-15-16-17-18-19-20-21-22-23-24-25-26-27-28-29-30-31-32-33-34-35-36-37-38-39-41-43-51(64)60-47(48(63)42-40-8-6-4-2)46-70-58-56(69)54(67)57(50(45-62)72-58)73-59-55(68)53(66)52(65)49(44-61)71-59/h12-13,15-16,47-50,52-59,61-63,65-69H,3-11,14,17-46H2,1-2H3,(H,60,64)/b13-12-,16-15-. The quantitative estimate of drug-likeness (QED) is 0.0204. The Kier molecular flexibility index (Phi) is 42.1. The summed E-state index contributed by atoms with van der Waals surface area (Å²) >= 11 is 0. The van der Waals surface area contributed by atoms with Crippen molar-refractivity contribution in [2.24, 2.45) is 0 Å². The van der Waals surface area contributed by atoms with Gasteiger partial charge in [-0.3, -0.25) is 4.79 Å². The first-order valence-corrected chi connectivity index (χ1v) is 30.1. The molecule has 2 fully saturated rings. The number of nitrogens with one attached hydrogen (secondary N) is 1. The number of amides is 1. The molecule has 2 aliphatic rings. The van der Waals surface area contributed by atoms with Crippen LogP contribution in [0.15, 0.2) is 24.3 Å². The van der Waals surface area contributed by atoms with Crippen molar-refractivity contribution in [3.8, 4) is 0 Å². The van der Waals surface area contributed by atoms with E-state index in [-0.39, 0.29) is 12.5 Å². The van der Waals surface area contributed by atoms with Crippen LogP contribution in [0.4, 0.5) is 0 Å². The Morgan fingerprint density at radius 3 is 1.37 bits per heavy atom. The highest BCUT2D eigenvalue weighted by Crippen LogP contribution is 2.30. The lowest BCUT2D eigenvalue weighted by Crippen LogP contribution is -2.65. The molecule has 2 saturated heterocycles. The van der Waals surface area contributed by atoms with E-state index in [1.54, 1.807) is 0 Å². The smallest absolute Gasteiger partial charge is 0.220 e. The molecule has 9 N–H and O–H groups in total. The zero-order chi connectivity index (χ0) is 53.2. The van der Waals surface area contributed by atoms with Gasteiger partial charge >= 0.3 is 0 Å². The fourth-order valence-corrected chi connectivity index (χ4v) is 10.0. The number of aliphatic hydroxyl groups is 8. The molecule has 0 aromatic heterocycles. The number of aliphatic hydroxyl groups excluding tert-OH is 8. The number of unbranched alkanes of at least 4 members (excludes halogenated alkanes) is 31. The predicted molar refractivity (Wildman–Crippen MR) is 291 cm³/mol. The van der Waals surface area contributed by atoms with Crippen molar-refractivity contribution in [3.63, 3.8) is 0 Å². The van der Waals surface area contributed by atoms with Gasteiger partial charge in [-0.25, -0.2) is 0 Å². The van der Waals surface area contributed by atoms with Gasteiger partial charge in [-0.2, -0.15) is 0 Å². The highest BCUT2D eigenvalue weighted by Gasteiger charge is 2.51. The van der Waals surface area contributed by atoms with E-state index in [2.05, 4.69) is 43.5 Å². The predicted octanol–water partition coefficient (Wildman–Crippen LogP) is 10.1. The van der Waals surface area contributed by atoms with Crippen molar-refractivity contribution >= 4 is 5.91 Å². The normalized spacial score (nSPS) is 25.5. The molecule has 12 atom stereocenters.